The molecule has 0 heterocycles. The van der Waals surface area contributed by atoms with Gasteiger partial charge < -0.3 is 9.05 Å². The first-order valence-corrected chi connectivity index (χ1v) is 10.8. The average molecular weight is 405 g/mol. The van der Waals surface area contributed by atoms with Crippen LogP contribution in [0.3, 0.4) is 0 Å². The van der Waals surface area contributed by atoms with Crippen LogP contribution in [-0.4, -0.2) is 0 Å². The van der Waals surface area contributed by atoms with Crippen molar-refractivity contribution in [3.63, 3.8) is 0 Å². The standard InChI is InChI=1S/C24H34FO2P/c1-22(2,3)17-14-15-21(19(16-17)24(7,8)9)27-28(25)26-20-13-11-10-12-18(20)23(4,5)6/h10-16H,1-9H3. The first-order chi connectivity index (χ1) is 12.7. The summed E-state index contributed by atoms with van der Waals surface area (Å²) in [6.07, 6.45) is 0. The van der Waals surface area contributed by atoms with Gasteiger partial charge in [0.25, 0.3) is 0 Å². The van der Waals surface area contributed by atoms with Crippen molar-refractivity contribution < 1.29 is 13.2 Å². The summed E-state index contributed by atoms with van der Waals surface area (Å²) in [6.45, 7) is 19.1. The van der Waals surface area contributed by atoms with Crippen molar-refractivity contribution in [2.75, 3.05) is 0 Å². The minimum Gasteiger partial charge on any atom is -0.414 e. The van der Waals surface area contributed by atoms with Crippen LogP contribution in [0.5, 0.6) is 11.5 Å². The van der Waals surface area contributed by atoms with Gasteiger partial charge in [0.2, 0.25) is 0 Å². The van der Waals surface area contributed by atoms with E-state index in [4.69, 9.17) is 9.05 Å². The summed E-state index contributed by atoms with van der Waals surface area (Å²) >= 11 is 0. The number of hydrogen-bond acceptors (Lipinski definition) is 2. The summed E-state index contributed by atoms with van der Waals surface area (Å²) in [5, 5.41) is 0. The molecular weight excluding hydrogens is 370 g/mol. The molecule has 0 aliphatic carbocycles. The van der Waals surface area contributed by atoms with E-state index in [1.807, 2.05) is 30.3 Å². The number of halogens is 1. The highest BCUT2D eigenvalue weighted by Crippen LogP contribution is 2.47. The van der Waals surface area contributed by atoms with Gasteiger partial charge in [-0.15, -0.1) is 4.20 Å². The second-order valence-electron chi connectivity index (χ2n) is 10.4. The highest BCUT2D eigenvalue weighted by atomic mass is 31.2. The molecule has 0 amide bonds. The molecule has 2 rings (SSSR count). The van der Waals surface area contributed by atoms with E-state index in [9.17, 15) is 4.20 Å². The van der Waals surface area contributed by atoms with Crippen LogP contribution in [0.25, 0.3) is 0 Å². The van der Waals surface area contributed by atoms with Gasteiger partial charge in [0.1, 0.15) is 11.5 Å². The maximum absolute atomic E-state index is 14.9. The molecule has 0 N–H and O–H groups in total. The minimum absolute atomic E-state index is 0.0150. The number of hydrogen-bond donors (Lipinski definition) is 0. The van der Waals surface area contributed by atoms with Crippen molar-refractivity contribution in [1.29, 1.82) is 0 Å². The maximum Gasteiger partial charge on any atom is 0.505 e. The third kappa shape index (κ3) is 5.70. The van der Waals surface area contributed by atoms with E-state index in [1.165, 1.54) is 5.56 Å². The van der Waals surface area contributed by atoms with E-state index in [2.05, 4.69) is 68.4 Å². The van der Waals surface area contributed by atoms with Gasteiger partial charge in [0.15, 0.2) is 0 Å². The second kappa shape index (κ2) is 8.03. The largest absolute Gasteiger partial charge is 0.505 e. The Bertz CT molecular complexity index is 811. The lowest BCUT2D eigenvalue weighted by molar-refractivity contribution is 0.420. The number of benzene rings is 2. The monoisotopic (exact) mass is 404 g/mol. The van der Waals surface area contributed by atoms with Crippen molar-refractivity contribution >= 4 is 8.69 Å². The lowest BCUT2D eigenvalue weighted by atomic mass is 9.80. The molecule has 28 heavy (non-hydrogen) atoms. The lowest BCUT2D eigenvalue weighted by Gasteiger charge is -2.27. The second-order valence-corrected chi connectivity index (χ2v) is 11.1. The fourth-order valence-corrected chi connectivity index (χ4v) is 3.67. The number of para-hydroxylation sites is 1. The summed E-state index contributed by atoms with van der Waals surface area (Å²) in [7, 11) is -2.60. The molecule has 1 atom stereocenters. The van der Waals surface area contributed by atoms with E-state index in [0.29, 0.717) is 11.5 Å². The third-order valence-electron chi connectivity index (χ3n) is 4.69. The highest BCUT2D eigenvalue weighted by Gasteiger charge is 2.27. The Morgan fingerprint density at radius 1 is 0.643 bits per heavy atom. The van der Waals surface area contributed by atoms with Crippen molar-refractivity contribution in [3.05, 3.63) is 59.2 Å². The van der Waals surface area contributed by atoms with Gasteiger partial charge in [-0.1, -0.05) is 92.6 Å². The van der Waals surface area contributed by atoms with Crippen LogP contribution >= 0.6 is 8.69 Å². The summed E-state index contributed by atoms with van der Waals surface area (Å²) in [4.78, 5) is 0. The molecule has 0 bridgehead atoms. The molecule has 0 aliphatic rings. The molecule has 0 aromatic heterocycles. The molecule has 2 aromatic rings. The van der Waals surface area contributed by atoms with E-state index >= 15 is 0 Å². The third-order valence-corrected chi connectivity index (χ3v) is 5.37. The van der Waals surface area contributed by atoms with Crippen LogP contribution in [0.2, 0.25) is 0 Å². The fourth-order valence-electron chi connectivity index (χ4n) is 3.00. The normalized spacial score (nSPS) is 13.9. The molecular formula is C24H34FO2P. The van der Waals surface area contributed by atoms with Crippen LogP contribution in [0.15, 0.2) is 42.5 Å². The summed E-state index contributed by atoms with van der Waals surface area (Å²) < 4.78 is 26.2. The van der Waals surface area contributed by atoms with Crippen LogP contribution in [0.4, 0.5) is 4.20 Å². The van der Waals surface area contributed by atoms with Crippen molar-refractivity contribution in [3.8, 4) is 11.5 Å². The smallest absolute Gasteiger partial charge is 0.414 e. The van der Waals surface area contributed by atoms with Crippen molar-refractivity contribution in [1.82, 2.24) is 0 Å². The van der Waals surface area contributed by atoms with Crippen LogP contribution in [0, 0.1) is 0 Å². The lowest BCUT2D eigenvalue weighted by Crippen LogP contribution is -2.17. The van der Waals surface area contributed by atoms with Gasteiger partial charge in [0.05, 0.1) is 0 Å². The quantitative estimate of drug-likeness (QED) is 0.478. The van der Waals surface area contributed by atoms with E-state index in [-0.39, 0.29) is 16.2 Å². The summed E-state index contributed by atoms with van der Waals surface area (Å²) in [6, 6.07) is 13.6. The minimum atomic E-state index is -2.60. The zero-order valence-corrected chi connectivity index (χ0v) is 19.6. The number of rotatable bonds is 4. The Balaban J connectivity index is 2.31. The van der Waals surface area contributed by atoms with Crippen molar-refractivity contribution in [2.45, 2.75) is 78.6 Å². The molecule has 2 aromatic carbocycles. The SMILES string of the molecule is CC(C)(C)c1ccc(OP(F)Oc2ccccc2C(C)(C)C)c(C(C)(C)C)c1. The topological polar surface area (TPSA) is 18.5 Å². The summed E-state index contributed by atoms with van der Waals surface area (Å²) in [5.74, 6) is 1.08. The van der Waals surface area contributed by atoms with Gasteiger partial charge in [0, 0.05) is 11.1 Å². The molecule has 0 saturated carbocycles. The maximum atomic E-state index is 14.9. The first kappa shape index (κ1) is 22.7. The van der Waals surface area contributed by atoms with Gasteiger partial charge in [-0.05, 0) is 33.9 Å². The molecule has 154 valence electrons. The first-order valence-electron chi connectivity index (χ1n) is 9.76. The highest BCUT2D eigenvalue weighted by molar-refractivity contribution is 7.42. The Morgan fingerprint density at radius 2 is 1.14 bits per heavy atom. The van der Waals surface area contributed by atoms with Gasteiger partial charge >= 0.3 is 8.69 Å². The zero-order valence-electron chi connectivity index (χ0n) is 18.7. The molecule has 1 unspecified atom stereocenters. The van der Waals surface area contributed by atoms with E-state index < -0.39 is 8.69 Å². The zero-order chi connectivity index (χ0) is 21.3. The predicted octanol–water partition coefficient (Wildman–Crippen LogP) is 8.23. The van der Waals surface area contributed by atoms with Crippen LogP contribution < -0.4 is 9.05 Å². The molecule has 0 fully saturated rings. The summed E-state index contributed by atoms with van der Waals surface area (Å²) in [5.41, 5.74) is 2.85. The molecule has 2 nitrogen and oxygen atoms in total. The van der Waals surface area contributed by atoms with E-state index in [1.54, 1.807) is 6.07 Å². The average Bonchev–Trinajstić information content (AvgIpc) is 2.52. The molecule has 0 saturated heterocycles. The molecule has 0 aliphatic heterocycles. The van der Waals surface area contributed by atoms with Crippen LogP contribution in [-0.2, 0) is 16.2 Å². The molecule has 0 spiro atoms. The van der Waals surface area contributed by atoms with Gasteiger partial charge in [-0.25, -0.2) is 0 Å². The Hall–Kier alpha value is -1.60. The predicted molar refractivity (Wildman–Crippen MR) is 118 cm³/mol. The molecule has 0 radical (unpaired) electrons. The van der Waals surface area contributed by atoms with Crippen LogP contribution in [0.1, 0.15) is 79.0 Å². The Morgan fingerprint density at radius 3 is 1.64 bits per heavy atom. The Kier molecular flexibility index (Phi) is 6.50. The van der Waals surface area contributed by atoms with Crippen molar-refractivity contribution in [2.24, 2.45) is 0 Å². The van der Waals surface area contributed by atoms with Gasteiger partial charge in [-0.2, -0.15) is 0 Å². The fraction of sp³-hybridized carbons (Fsp3) is 0.500. The molecule has 4 heteroatoms. The Labute approximate surface area is 171 Å². The van der Waals surface area contributed by atoms with Gasteiger partial charge in [-0.3, -0.25) is 0 Å². The van der Waals surface area contributed by atoms with E-state index in [0.717, 1.165) is 11.1 Å².